The zero-order valence-corrected chi connectivity index (χ0v) is 19.9. The van der Waals surface area contributed by atoms with E-state index < -0.39 is 6.09 Å². The minimum Gasteiger partial charge on any atom is -0.491 e. The van der Waals surface area contributed by atoms with Gasteiger partial charge in [-0.05, 0) is 18.6 Å². The highest BCUT2D eigenvalue weighted by Crippen LogP contribution is 2.43. The quantitative estimate of drug-likeness (QED) is 0.588. The maximum Gasteiger partial charge on any atom is 0.420 e. The van der Waals surface area contributed by atoms with E-state index in [9.17, 15) is 4.79 Å². The molecular formula is C23H29N7O5. The van der Waals surface area contributed by atoms with Gasteiger partial charge in [-0.1, -0.05) is 0 Å². The Morgan fingerprint density at radius 2 is 2.09 bits per heavy atom. The molecule has 0 radical (unpaired) electrons. The maximum absolute atomic E-state index is 12.5. The van der Waals surface area contributed by atoms with Crippen molar-refractivity contribution in [3.05, 3.63) is 30.2 Å². The second kappa shape index (κ2) is 10.3. The van der Waals surface area contributed by atoms with Crippen molar-refractivity contribution in [2.45, 2.75) is 6.42 Å². The predicted octanol–water partition coefficient (Wildman–Crippen LogP) is 1.38. The van der Waals surface area contributed by atoms with Gasteiger partial charge in [0.2, 0.25) is 11.8 Å². The number of morpholine rings is 1. The van der Waals surface area contributed by atoms with Gasteiger partial charge < -0.3 is 23.5 Å². The fraction of sp³-hybridized carbons (Fsp3) is 0.478. The number of fused-ring (bicyclic) bond motifs is 3. The van der Waals surface area contributed by atoms with Crippen LogP contribution in [0.25, 0.3) is 0 Å². The molecule has 4 heterocycles. The van der Waals surface area contributed by atoms with Crippen molar-refractivity contribution in [3.63, 3.8) is 0 Å². The summed E-state index contributed by atoms with van der Waals surface area (Å²) in [6.45, 7) is 6.15. The summed E-state index contributed by atoms with van der Waals surface area (Å²) in [6, 6.07) is 3.81. The van der Waals surface area contributed by atoms with Crippen molar-refractivity contribution in [2.75, 3.05) is 59.7 Å². The molecule has 1 aromatic carbocycles. The van der Waals surface area contributed by atoms with Crippen molar-refractivity contribution in [3.8, 4) is 17.4 Å². The first kappa shape index (κ1) is 23.1. The molecule has 1 aromatic heterocycles. The van der Waals surface area contributed by atoms with Crippen LogP contribution in [0, 0.1) is 0 Å². The molecule has 0 unspecified atom stereocenters. The normalized spacial score (nSPS) is 17.3. The largest absolute Gasteiger partial charge is 0.491 e. The number of aromatic nitrogens is 2. The van der Waals surface area contributed by atoms with Gasteiger partial charge in [-0.25, -0.2) is 14.8 Å². The highest BCUT2D eigenvalue weighted by molar-refractivity contribution is 6.18. The number of carbonyl (C=O) groups excluding carboxylic acids is 1. The van der Waals surface area contributed by atoms with E-state index in [-0.39, 0.29) is 5.88 Å². The molecule has 1 fully saturated rings. The van der Waals surface area contributed by atoms with Crippen LogP contribution in [0.3, 0.4) is 0 Å². The Balaban J connectivity index is 1.31. The number of amides is 1. The Bertz CT molecular complexity index is 1140. The van der Waals surface area contributed by atoms with Crippen LogP contribution in [-0.4, -0.2) is 96.9 Å². The van der Waals surface area contributed by atoms with E-state index >= 15 is 0 Å². The summed E-state index contributed by atoms with van der Waals surface area (Å²) >= 11 is 0. The first-order valence-corrected chi connectivity index (χ1v) is 11.6. The monoisotopic (exact) mass is 483 g/mol. The number of carbonyl (C=O) groups is 1. The summed E-state index contributed by atoms with van der Waals surface area (Å²) in [4.78, 5) is 30.1. The van der Waals surface area contributed by atoms with E-state index in [1.807, 2.05) is 17.0 Å². The first-order valence-electron chi connectivity index (χ1n) is 11.6. The first-order chi connectivity index (χ1) is 17.1. The third-order valence-corrected chi connectivity index (χ3v) is 5.93. The van der Waals surface area contributed by atoms with Crippen LogP contribution < -0.4 is 19.5 Å². The molecule has 0 bridgehead atoms. The minimum atomic E-state index is -0.688. The van der Waals surface area contributed by atoms with Gasteiger partial charge in [-0.3, -0.25) is 20.1 Å². The fourth-order valence-corrected chi connectivity index (χ4v) is 4.25. The molecule has 12 heteroatoms. The number of aliphatic imine (C=N–C) groups is 2. The number of ether oxygens (including phenoxy) is 4. The van der Waals surface area contributed by atoms with Crippen LogP contribution in [0.15, 0.2) is 34.6 Å². The average Bonchev–Trinajstić information content (AvgIpc) is 3.51. The third-order valence-electron chi connectivity index (χ3n) is 5.93. The number of nitrogens with one attached hydrogen (secondary N) is 1. The Morgan fingerprint density at radius 3 is 2.86 bits per heavy atom. The highest BCUT2D eigenvalue weighted by Gasteiger charge is 2.33. The van der Waals surface area contributed by atoms with Crippen LogP contribution in [-0.2, 0) is 11.8 Å². The lowest BCUT2D eigenvalue weighted by atomic mass is 10.1. The van der Waals surface area contributed by atoms with E-state index in [4.69, 9.17) is 23.9 Å². The van der Waals surface area contributed by atoms with Gasteiger partial charge in [-0.15, -0.1) is 0 Å². The summed E-state index contributed by atoms with van der Waals surface area (Å²) in [5.74, 6) is 2.33. The predicted molar refractivity (Wildman–Crippen MR) is 128 cm³/mol. The summed E-state index contributed by atoms with van der Waals surface area (Å²) < 4.78 is 24.1. The smallest absolute Gasteiger partial charge is 0.420 e. The summed E-state index contributed by atoms with van der Waals surface area (Å²) in [5.41, 5.74) is 1.38. The Morgan fingerprint density at radius 1 is 1.23 bits per heavy atom. The fourth-order valence-electron chi connectivity index (χ4n) is 4.25. The molecule has 0 spiro atoms. The van der Waals surface area contributed by atoms with Gasteiger partial charge in [0, 0.05) is 38.8 Å². The van der Waals surface area contributed by atoms with Gasteiger partial charge in [0.15, 0.2) is 11.5 Å². The third kappa shape index (κ3) is 5.08. The molecule has 0 atom stereocenters. The average molecular weight is 484 g/mol. The van der Waals surface area contributed by atoms with Gasteiger partial charge in [0.1, 0.15) is 11.5 Å². The molecule has 5 rings (SSSR count). The molecule has 1 N–H and O–H groups in total. The van der Waals surface area contributed by atoms with E-state index in [1.54, 1.807) is 31.2 Å². The lowest BCUT2D eigenvalue weighted by molar-refractivity contribution is 0.0357. The summed E-state index contributed by atoms with van der Waals surface area (Å²) in [7, 11) is 3.37. The standard InChI is InChI=1S/C23H29N7O5/c1-28-14-18(25-15-28)35-23(31)27-22-26-19-16(21-24-6-8-30(21)22)4-5-17(20(19)32-2)34-11-3-7-29-9-12-33-13-10-29/h4-5,14-15H,3,6-13H2,1-2H3,(H,26,27,31). The molecule has 1 amide bonds. The highest BCUT2D eigenvalue weighted by atomic mass is 16.6. The van der Waals surface area contributed by atoms with Crippen molar-refractivity contribution >= 4 is 23.6 Å². The van der Waals surface area contributed by atoms with E-state index in [0.29, 0.717) is 42.8 Å². The van der Waals surface area contributed by atoms with Crippen molar-refractivity contribution in [1.82, 2.24) is 24.7 Å². The van der Waals surface area contributed by atoms with Crippen LogP contribution in [0.1, 0.15) is 12.0 Å². The van der Waals surface area contributed by atoms with Gasteiger partial charge in [0.25, 0.3) is 0 Å². The number of rotatable bonds is 7. The van der Waals surface area contributed by atoms with Gasteiger partial charge >= 0.3 is 6.09 Å². The molecule has 186 valence electrons. The van der Waals surface area contributed by atoms with E-state index in [2.05, 4.69) is 20.2 Å². The molecule has 35 heavy (non-hydrogen) atoms. The van der Waals surface area contributed by atoms with Crippen LogP contribution in [0.2, 0.25) is 0 Å². The Hall–Kier alpha value is -3.64. The van der Waals surface area contributed by atoms with Crippen molar-refractivity contribution in [1.29, 1.82) is 0 Å². The van der Waals surface area contributed by atoms with Crippen LogP contribution >= 0.6 is 0 Å². The maximum atomic E-state index is 12.5. The Labute approximate surface area is 203 Å². The zero-order chi connectivity index (χ0) is 24.2. The lowest BCUT2D eigenvalue weighted by Gasteiger charge is -2.28. The van der Waals surface area contributed by atoms with E-state index in [1.165, 1.54) is 0 Å². The topological polar surface area (TPSA) is 115 Å². The number of benzene rings is 1. The number of imidazole rings is 1. The molecule has 0 saturated carbocycles. The van der Waals surface area contributed by atoms with Gasteiger partial charge in [-0.2, -0.15) is 0 Å². The van der Waals surface area contributed by atoms with Crippen molar-refractivity contribution in [2.24, 2.45) is 17.0 Å². The van der Waals surface area contributed by atoms with Gasteiger partial charge in [0.05, 0.1) is 46.0 Å². The molecule has 3 aliphatic rings. The number of nitrogens with zero attached hydrogens (tertiary/aromatic N) is 6. The molecule has 1 saturated heterocycles. The van der Waals surface area contributed by atoms with E-state index in [0.717, 1.165) is 50.7 Å². The zero-order valence-electron chi connectivity index (χ0n) is 19.9. The van der Waals surface area contributed by atoms with Crippen LogP contribution in [0.5, 0.6) is 17.4 Å². The van der Waals surface area contributed by atoms with Crippen molar-refractivity contribution < 1.29 is 23.7 Å². The van der Waals surface area contributed by atoms with Crippen LogP contribution in [0.4, 0.5) is 10.5 Å². The summed E-state index contributed by atoms with van der Waals surface area (Å²) in [6.07, 6.45) is 3.35. The number of aryl methyl sites for hydroxylation is 1. The molecule has 2 aromatic rings. The number of amidine groups is 1. The second-order valence-electron chi connectivity index (χ2n) is 8.33. The Kier molecular flexibility index (Phi) is 6.82. The number of methoxy groups -OCH3 is 1. The minimum absolute atomic E-state index is 0.197. The lowest BCUT2D eigenvalue weighted by Crippen LogP contribution is -2.48. The molecular weight excluding hydrogens is 454 g/mol. The second-order valence-corrected chi connectivity index (χ2v) is 8.33. The molecule has 12 nitrogen and oxygen atoms in total. The number of hydrogen-bond acceptors (Lipinski definition) is 10. The summed E-state index contributed by atoms with van der Waals surface area (Å²) in [5, 5.41) is 2.72. The SMILES string of the molecule is COc1c(OCCCN2CCOCC2)ccc2c1N=C(NC(=O)Oc1cn(C)cn1)N1CCN=C21. The molecule has 0 aliphatic carbocycles. The number of guanidine groups is 1. The number of hydrogen-bond donors (Lipinski definition) is 1. The molecule has 3 aliphatic heterocycles.